The van der Waals surface area contributed by atoms with Gasteiger partial charge in [-0.1, -0.05) is 25.1 Å². The van der Waals surface area contributed by atoms with Crippen LogP contribution in [0.4, 0.5) is 5.69 Å². The zero-order valence-corrected chi connectivity index (χ0v) is 15.3. The second-order valence-corrected chi connectivity index (χ2v) is 7.14. The number of anilines is 1. The maximum Gasteiger partial charge on any atom is 0.261 e. The first-order valence-electron chi connectivity index (χ1n) is 7.96. The van der Waals surface area contributed by atoms with Gasteiger partial charge in [0.15, 0.2) is 6.10 Å². The molecule has 0 aliphatic heterocycles. The predicted octanol–water partition coefficient (Wildman–Crippen LogP) is 2.56. The van der Waals surface area contributed by atoms with Crippen LogP contribution in [0.3, 0.4) is 0 Å². The average molecular weight is 362 g/mol. The van der Waals surface area contributed by atoms with E-state index in [1.54, 1.807) is 19.1 Å². The van der Waals surface area contributed by atoms with Gasteiger partial charge in [0.05, 0.1) is 10.6 Å². The molecular weight excluding hydrogens is 340 g/mol. The van der Waals surface area contributed by atoms with Gasteiger partial charge in [0.2, 0.25) is 0 Å². The van der Waals surface area contributed by atoms with Crippen LogP contribution in [0.25, 0.3) is 0 Å². The first-order chi connectivity index (χ1) is 11.9. The van der Waals surface area contributed by atoms with Gasteiger partial charge in [0.25, 0.3) is 15.9 Å². The molecular formula is C18H22N2O4S. The van der Waals surface area contributed by atoms with Crippen LogP contribution >= 0.6 is 0 Å². The van der Waals surface area contributed by atoms with E-state index < -0.39 is 16.1 Å². The number of carbonyl (C=O) groups is 1. The van der Waals surface area contributed by atoms with E-state index in [0.29, 0.717) is 11.4 Å². The number of ether oxygens (including phenoxy) is 1. The Balaban J connectivity index is 2.16. The van der Waals surface area contributed by atoms with E-state index in [2.05, 4.69) is 10.0 Å². The summed E-state index contributed by atoms with van der Waals surface area (Å²) in [7, 11) is -2.17. The number of para-hydroxylation sites is 1. The summed E-state index contributed by atoms with van der Waals surface area (Å²) in [5.74, 6) is 0.165. The van der Waals surface area contributed by atoms with Crippen LogP contribution in [0.15, 0.2) is 53.4 Å². The molecule has 0 saturated heterocycles. The van der Waals surface area contributed by atoms with Crippen molar-refractivity contribution in [3.05, 3.63) is 54.1 Å². The predicted molar refractivity (Wildman–Crippen MR) is 97.2 cm³/mol. The third-order valence-electron chi connectivity index (χ3n) is 3.71. The van der Waals surface area contributed by atoms with Crippen LogP contribution in [0.2, 0.25) is 0 Å². The van der Waals surface area contributed by atoms with E-state index in [0.717, 1.165) is 12.0 Å². The van der Waals surface area contributed by atoms with Crippen molar-refractivity contribution < 1.29 is 17.9 Å². The summed E-state index contributed by atoms with van der Waals surface area (Å²) in [6.45, 7) is 3.58. The molecule has 6 nitrogen and oxygen atoms in total. The van der Waals surface area contributed by atoms with Crippen molar-refractivity contribution in [3.8, 4) is 5.75 Å². The molecule has 0 heterocycles. The van der Waals surface area contributed by atoms with Crippen LogP contribution in [-0.4, -0.2) is 27.5 Å². The van der Waals surface area contributed by atoms with Gasteiger partial charge in [-0.15, -0.1) is 0 Å². The van der Waals surface area contributed by atoms with Gasteiger partial charge in [-0.25, -0.2) is 8.42 Å². The average Bonchev–Trinajstić information content (AvgIpc) is 2.61. The SMILES string of the molecule is CCc1ccccc1NS(=O)(=O)c1ccc(O[C@@H](C)C(=O)NC)cc1. The topological polar surface area (TPSA) is 84.5 Å². The number of hydrogen-bond donors (Lipinski definition) is 2. The fourth-order valence-electron chi connectivity index (χ4n) is 2.29. The number of likely N-dealkylation sites (N-methyl/N-ethyl adjacent to an activating group) is 1. The molecule has 0 aromatic heterocycles. The van der Waals surface area contributed by atoms with E-state index >= 15 is 0 Å². The smallest absolute Gasteiger partial charge is 0.261 e. The molecule has 0 radical (unpaired) electrons. The molecule has 0 saturated carbocycles. The zero-order chi connectivity index (χ0) is 18.4. The number of sulfonamides is 1. The number of carbonyl (C=O) groups excluding carboxylic acids is 1. The first-order valence-corrected chi connectivity index (χ1v) is 9.44. The molecule has 1 amide bonds. The Morgan fingerprint density at radius 1 is 1.12 bits per heavy atom. The Hall–Kier alpha value is -2.54. The van der Waals surface area contributed by atoms with Crippen molar-refractivity contribution in [2.24, 2.45) is 0 Å². The van der Waals surface area contributed by atoms with Crippen LogP contribution in [0.1, 0.15) is 19.4 Å². The first kappa shape index (κ1) is 18.8. The molecule has 0 spiro atoms. The molecule has 2 aromatic rings. The number of aryl methyl sites for hydroxylation is 1. The molecule has 0 unspecified atom stereocenters. The fourth-order valence-corrected chi connectivity index (χ4v) is 3.39. The molecule has 134 valence electrons. The quantitative estimate of drug-likeness (QED) is 0.793. The molecule has 0 fully saturated rings. The van der Waals surface area contributed by atoms with Crippen molar-refractivity contribution >= 4 is 21.6 Å². The normalized spacial score (nSPS) is 12.3. The number of nitrogens with one attached hydrogen (secondary N) is 2. The van der Waals surface area contributed by atoms with Crippen molar-refractivity contribution in [3.63, 3.8) is 0 Å². The number of benzene rings is 2. The van der Waals surface area contributed by atoms with Gasteiger partial charge in [-0.05, 0) is 49.2 Å². The highest BCUT2D eigenvalue weighted by molar-refractivity contribution is 7.92. The Labute approximate surface area is 148 Å². The summed E-state index contributed by atoms with van der Waals surface area (Å²) < 4.78 is 33.2. The van der Waals surface area contributed by atoms with Crippen molar-refractivity contribution in [2.75, 3.05) is 11.8 Å². The summed E-state index contributed by atoms with van der Waals surface area (Å²) in [4.78, 5) is 11.6. The number of hydrogen-bond acceptors (Lipinski definition) is 4. The third kappa shape index (κ3) is 4.73. The second kappa shape index (κ2) is 8.02. The lowest BCUT2D eigenvalue weighted by Crippen LogP contribution is -2.33. The molecule has 2 N–H and O–H groups in total. The summed E-state index contributed by atoms with van der Waals surface area (Å²) in [6.07, 6.45) is 0.0602. The van der Waals surface area contributed by atoms with Crippen LogP contribution < -0.4 is 14.8 Å². The largest absolute Gasteiger partial charge is 0.481 e. The highest BCUT2D eigenvalue weighted by Gasteiger charge is 2.17. The number of amides is 1. The van der Waals surface area contributed by atoms with Crippen molar-refractivity contribution in [1.29, 1.82) is 0 Å². The molecule has 25 heavy (non-hydrogen) atoms. The maximum atomic E-state index is 12.5. The summed E-state index contributed by atoms with van der Waals surface area (Å²) in [5.41, 5.74) is 1.49. The number of rotatable bonds is 7. The lowest BCUT2D eigenvalue weighted by atomic mass is 10.1. The third-order valence-corrected chi connectivity index (χ3v) is 5.09. The van der Waals surface area contributed by atoms with Gasteiger partial charge in [-0.3, -0.25) is 9.52 Å². The summed E-state index contributed by atoms with van der Waals surface area (Å²) in [6, 6.07) is 13.2. The Bertz CT molecular complexity index is 832. The van der Waals surface area contributed by atoms with Gasteiger partial charge in [0.1, 0.15) is 5.75 Å². The molecule has 2 aromatic carbocycles. The minimum absolute atomic E-state index is 0.123. The van der Waals surface area contributed by atoms with Gasteiger partial charge in [0, 0.05) is 7.05 Å². The van der Waals surface area contributed by atoms with E-state index in [4.69, 9.17) is 4.74 Å². The fraction of sp³-hybridized carbons (Fsp3) is 0.278. The molecule has 0 bridgehead atoms. The highest BCUT2D eigenvalue weighted by Crippen LogP contribution is 2.22. The monoisotopic (exact) mass is 362 g/mol. The lowest BCUT2D eigenvalue weighted by molar-refractivity contribution is -0.126. The molecule has 0 aliphatic carbocycles. The van der Waals surface area contributed by atoms with Gasteiger partial charge < -0.3 is 10.1 Å². The van der Waals surface area contributed by atoms with Crippen molar-refractivity contribution in [1.82, 2.24) is 5.32 Å². The minimum atomic E-state index is -3.70. The Morgan fingerprint density at radius 3 is 2.36 bits per heavy atom. The molecule has 1 atom stereocenters. The standard InChI is InChI=1S/C18H22N2O4S/c1-4-14-7-5-6-8-17(14)20-25(22,23)16-11-9-15(10-12-16)24-13(2)18(21)19-3/h5-13,20H,4H2,1-3H3,(H,19,21)/t13-/m0/s1. The van der Waals surface area contributed by atoms with E-state index in [-0.39, 0.29) is 10.8 Å². The Kier molecular flexibility index (Phi) is 6.03. The summed E-state index contributed by atoms with van der Waals surface area (Å²) in [5, 5.41) is 2.49. The second-order valence-electron chi connectivity index (χ2n) is 5.46. The van der Waals surface area contributed by atoms with E-state index in [1.807, 2.05) is 19.1 Å². The van der Waals surface area contributed by atoms with Crippen LogP contribution in [0, 0.1) is 0 Å². The molecule has 2 rings (SSSR count). The van der Waals surface area contributed by atoms with E-state index in [1.165, 1.54) is 31.3 Å². The van der Waals surface area contributed by atoms with Crippen molar-refractivity contribution in [2.45, 2.75) is 31.3 Å². The Morgan fingerprint density at radius 2 is 1.76 bits per heavy atom. The van der Waals surface area contributed by atoms with Gasteiger partial charge in [-0.2, -0.15) is 0 Å². The van der Waals surface area contributed by atoms with E-state index in [9.17, 15) is 13.2 Å². The van der Waals surface area contributed by atoms with Crippen LogP contribution in [0.5, 0.6) is 5.75 Å². The summed E-state index contributed by atoms with van der Waals surface area (Å²) >= 11 is 0. The maximum absolute atomic E-state index is 12.5. The molecule has 0 aliphatic rings. The van der Waals surface area contributed by atoms with Gasteiger partial charge >= 0.3 is 0 Å². The highest BCUT2D eigenvalue weighted by atomic mass is 32.2. The minimum Gasteiger partial charge on any atom is -0.481 e. The zero-order valence-electron chi connectivity index (χ0n) is 14.4. The van der Waals surface area contributed by atoms with Crippen LogP contribution in [-0.2, 0) is 21.2 Å². The lowest BCUT2D eigenvalue weighted by Gasteiger charge is -2.14. The molecule has 7 heteroatoms.